The number of allylic oxidation sites excluding steroid dienone is 6. The van der Waals surface area contributed by atoms with Crippen LogP contribution in [0.3, 0.4) is 0 Å². The van der Waals surface area contributed by atoms with Crippen LogP contribution < -0.4 is 0 Å². The maximum atomic E-state index is 11.1. The molecule has 1 radical (unpaired) electrons. The van der Waals surface area contributed by atoms with Gasteiger partial charge >= 0.3 is 0 Å². The molecular formula is C10H8NO. The summed E-state index contributed by atoms with van der Waals surface area (Å²) in [6.45, 7) is 3.51. The van der Waals surface area contributed by atoms with Gasteiger partial charge in [-0.25, -0.2) is 0 Å². The van der Waals surface area contributed by atoms with E-state index in [-0.39, 0.29) is 5.78 Å². The molecule has 0 amide bonds. The maximum Gasteiger partial charge on any atom is 0.177 e. The van der Waals surface area contributed by atoms with Crippen LogP contribution in [0.2, 0.25) is 0 Å². The lowest BCUT2D eigenvalue weighted by Crippen LogP contribution is -2.10. The predicted octanol–water partition coefficient (Wildman–Crippen LogP) is 1.58. The van der Waals surface area contributed by atoms with E-state index in [1.165, 1.54) is 6.08 Å². The fraction of sp³-hybridized carbons (Fsp3) is 0.100. The predicted molar refractivity (Wildman–Crippen MR) is 45.8 cm³/mol. The molecule has 0 spiro atoms. The highest BCUT2D eigenvalue weighted by atomic mass is 16.1. The first-order chi connectivity index (χ1) is 5.77. The Balaban J connectivity index is 2.85. The van der Waals surface area contributed by atoms with Crippen LogP contribution in [0, 0.1) is 24.2 Å². The molecule has 1 atom stereocenters. The van der Waals surface area contributed by atoms with Crippen molar-refractivity contribution in [3.63, 3.8) is 0 Å². The van der Waals surface area contributed by atoms with Crippen LogP contribution in [0.5, 0.6) is 0 Å². The summed E-state index contributed by atoms with van der Waals surface area (Å²) in [6.07, 6.45) is 8.13. The van der Waals surface area contributed by atoms with Gasteiger partial charge in [-0.3, -0.25) is 4.79 Å². The zero-order valence-electron chi connectivity index (χ0n) is 6.53. The molecule has 0 heterocycles. The average Bonchev–Trinajstić information content (AvgIpc) is 2.05. The van der Waals surface area contributed by atoms with Crippen LogP contribution in [0.15, 0.2) is 36.0 Å². The molecule has 0 aromatic heterocycles. The van der Waals surface area contributed by atoms with Gasteiger partial charge in [0.2, 0.25) is 0 Å². The summed E-state index contributed by atoms with van der Waals surface area (Å²) in [5.41, 5.74) is 0.793. The van der Waals surface area contributed by atoms with Crippen molar-refractivity contribution in [2.75, 3.05) is 0 Å². The first-order valence-corrected chi connectivity index (χ1v) is 3.57. The van der Waals surface area contributed by atoms with E-state index in [0.29, 0.717) is 0 Å². The van der Waals surface area contributed by atoms with Crippen LogP contribution in [0.4, 0.5) is 0 Å². The summed E-state index contributed by atoms with van der Waals surface area (Å²) >= 11 is 0. The molecule has 0 aliphatic heterocycles. The van der Waals surface area contributed by atoms with Crippen molar-refractivity contribution >= 4 is 5.78 Å². The van der Waals surface area contributed by atoms with E-state index in [0.717, 1.165) is 5.57 Å². The van der Waals surface area contributed by atoms with Crippen LogP contribution in [-0.4, -0.2) is 5.78 Å². The van der Waals surface area contributed by atoms with E-state index >= 15 is 0 Å². The van der Waals surface area contributed by atoms with Gasteiger partial charge in [-0.15, -0.1) is 0 Å². The first kappa shape index (κ1) is 8.48. The number of nitrogens with zero attached hydrogens (tertiary/aromatic N) is 1. The summed E-state index contributed by atoms with van der Waals surface area (Å²) in [7, 11) is 0. The van der Waals surface area contributed by atoms with E-state index in [2.05, 4.69) is 6.92 Å². The van der Waals surface area contributed by atoms with Crippen molar-refractivity contribution in [2.45, 2.75) is 0 Å². The van der Waals surface area contributed by atoms with Gasteiger partial charge in [-0.1, -0.05) is 24.3 Å². The highest BCUT2D eigenvalue weighted by Crippen LogP contribution is 2.12. The third-order valence-electron chi connectivity index (χ3n) is 1.55. The zero-order valence-corrected chi connectivity index (χ0v) is 6.53. The summed E-state index contributed by atoms with van der Waals surface area (Å²) in [6, 6.07) is 1.90. The second-order valence-corrected chi connectivity index (χ2v) is 2.41. The lowest BCUT2D eigenvalue weighted by molar-refractivity contribution is -0.115. The number of carbonyl (C=O) groups is 1. The van der Waals surface area contributed by atoms with Gasteiger partial charge in [0.1, 0.15) is 5.92 Å². The number of hydrogen-bond acceptors (Lipinski definition) is 2. The molecule has 1 aliphatic rings. The lowest BCUT2D eigenvalue weighted by atomic mass is 9.96. The van der Waals surface area contributed by atoms with Gasteiger partial charge in [-0.2, -0.15) is 5.26 Å². The largest absolute Gasteiger partial charge is 0.293 e. The second kappa shape index (κ2) is 3.68. The van der Waals surface area contributed by atoms with Crippen LogP contribution in [-0.2, 0) is 4.79 Å². The smallest absolute Gasteiger partial charge is 0.177 e. The fourth-order valence-corrected chi connectivity index (χ4v) is 0.951. The maximum absolute atomic E-state index is 11.1. The molecule has 0 saturated carbocycles. The highest BCUT2D eigenvalue weighted by molar-refractivity contribution is 5.97. The molecule has 59 valence electrons. The Kier molecular flexibility index (Phi) is 2.60. The van der Waals surface area contributed by atoms with Crippen molar-refractivity contribution in [1.29, 1.82) is 5.26 Å². The molecule has 0 saturated heterocycles. The topological polar surface area (TPSA) is 40.9 Å². The summed E-state index contributed by atoms with van der Waals surface area (Å²) in [5, 5.41) is 8.50. The van der Waals surface area contributed by atoms with E-state index in [1.807, 2.05) is 6.07 Å². The molecule has 1 unspecified atom stereocenters. The minimum atomic E-state index is -0.605. The Morgan fingerprint density at radius 3 is 2.92 bits per heavy atom. The normalized spacial score (nSPS) is 22.5. The van der Waals surface area contributed by atoms with Crippen LogP contribution >= 0.6 is 0 Å². The highest BCUT2D eigenvalue weighted by Gasteiger charge is 2.15. The third-order valence-corrected chi connectivity index (χ3v) is 1.55. The van der Waals surface area contributed by atoms with Crippen molar-refractivity contribution in [1.82, 2.24) is 0 Å². The van der Waals surface area contributed by atoms with E-state index in [9.17, 15) is 4.79 Å². The lowest BCUT2D eigenvalue weighted by Gasteiger charge is -2.04. The molecule has 0 aromatic carbocycles. The van der Waals surface area contributed by atoms with Crippen molar-refractivity contribution in [3.8, 4) is 6.07 Å². The van der Waals surface area contributed by atoms with Crippen molar-refractivity contribution < 1.29 is 4.79 Å². The molecular weight excluding hydrogens is 150 g/mol. The van der Waals surface area contributed by atoms with Gasteiger partial charge in [0.15, 0.2) is 5.78 Å². The number of nitriles is 1. The number of hydrogen-bond donors (Lipinski definition) is 0. The van der Waals surface area contributed by atoms with Crippen molar-refractivity contribution in [2.24, 2.45) is 5.92 Å². The van der Waals surface area contributed by atoms with Gasteiger partial charge < -0.3 is 0 Å². The molecule has 1 aliphatic carbocycles. The summed E-state index contributed by atoms with van der Waals surface area (Å²) in [5.74, 6) is -0.764. The van der Waals surface area contributed by atoms with Crippen LogP contribution in [0.25, 0.3) is 0 Å². The van der Waals surface area contributed by atoms with E-state index < -0.39 is 5.92 Å². The van der Waals surface area contributed by atoms with E-state index in [1.54, 1.807) is 24.3 Å². The first-order valence-electron chi connectivity index (χ1n) is 3.57. The zero-order chi connectivity index (χ0) is 8.97. The number of ketones is 1. The van der Waals surface area contributed by atoms with Crippen molar-refractivity contribution in [3.05, 3.63) is 42.9 Å². The Hall–Kier alpha value is -1.62. The molecule has 0 fully saturated rings. The molecule has 2 nitrogen and oxygen atoms in total. The van der Waals surface area contributed by atoms with E-state index in [4.69, 9.17) is 5.26 Å². The molecule has 0 N–H and O–H groups in total. The fourth-order valence-electron chi connectivity index (χ4n) is 0.951. The molecule has 12 heavy (non-hydrogen) atoms. The number of carbonyl (C=O) groups excluding carboxylic acids is 1. The van der Waals surface area contributed by atoms with Crippen LogP contribution in [0.1, 0.15) is 0 Å². The van der Waals surface area contributed by atoms with Gasteiger partial charge in [0.05, 0.1) is 6.07 Å². The summed E-state index contributed by atoms with van der Waals surface area (Å²) < 4.78 is 0. The molecule has 0 bridgehead atoms. The molecule has 1 rings (SSSR count). The SMILES string of the molecule is [CH2]C=CC1=CC(=O)C(C#N)C=C1. The van der Waals surface area contributed by atoms with Gasteiger partial charge in [0.25, 0.3) is 0 Å². The standard InChI is InChI=1S/C10H8NO/c1-2-3-8-4-5-9(7-11)10(12)6-8/h2-6,9H,1H2. The Morgan fingerprint density at radius 2 is 2.42 bits per heavy atom. The monoisotopic (exact) mass is 158 g/mol. The third kappa shape index (κ3) is 1.70. The Morgan fingerprint density at radius 1 is 1.67 bits per heavy atom. The Labute approximate surface area is 71.5 Å². The molecule has 0 aromatic rings. The number of rotatable bonds is 1. The van der Waals surface area contributed by atoms with Gasteiger partial charge in [0, 0.05) is 0 Å². The quantitative estimate of drug-likeness (QED) is 0.581. The average molecular weight is 158 g/mol. The summed E-state index contributed by atoms with van der Waals surface area (Å²) in [4.78, 5) is 11.1. The van der Waals surface area contributed by atoms with Gasteiger partial charge in [-0.05, 0) is 18.6 Å². The second-order valence-electron chi connectivity index (χ2n) is 2.41. The minimum Gasteiger partial charge on any atom is -0.293 e. The molecule has 2 heteroatoms. The Bertz CT molecular complexity index is 315. The minimum absolute atomic E-state index is 0.159.